The van der Waals surface area contributed by atoms with Crippen LogP contribution in [0.5, 0.6) is 11.5 Å². The summed E-state index contributed by atoms with van der Waals surface area (Å²) in [6, 6.07) is 24.4. The smallest absolute Gasteiger partial charge is 0.345 e. The van der Waals surface area contributed by atoms with E-state index in [0.29, 0.717) is 24.3 Å². The van der Waals surface area contributed by atoms with Crippen LogP contribution < -0.4 is 9.47 Å². The average Bonchev–Trinajstić information content (AvgIpc) is 3.00. The Kier molecular flexibility index (Phi) is 9.76. The zero-order chi connectivity index (χ0) is 29.6. The lowest BCUT2D eigenvalue weighted by molar-refractivity contribution is -0.311. The molecular weight excluding hydrogens is 540 g/mol. The van der Waals surface area contributed by atoms with Crippen molar-refractivity contribution in [2.75, 3.05) is 0 Å². The second-order valence-electron chi connectivity index (χ2n) is 11.0. The van der Waals surface area contributed by atoms with Gasteiger partial charge in [-0.15, -0.1) is 0 Å². The van der Waals surface area contributed by atoms with E-state index in [1.165, 1.54) is 0 Å². The Morgan fingerprint density at radius 2 is 1.48 bits per heavy atom. The molecule has 0 spiro atoms. The number of benzene rings is 3. The highest BCUT2D eigenvalue weighted by Gasteiger charge is 2.44. The summed E-state index contributed by atoms with van der Waals surface area (Å²) >= 11 is 0. The monoisotopic (exact) mass is 578 g/mol. The molecule has 1 heterocycles. The highest BCUT2D eigenvalue weighted by Crippen LogP contribution is 2.35. The van der Waals surface area contributed by atoms with Crippen molar-refractivity contribution in [3.8, 4) is 22.6 Å². The van der Waals surface area contributed by atoms with Crippen molar-refractivity contribution >= 4 is 5.97 Å². The molecule has 1 saturated heterocycles. The molecule has 9 nitrogen and oxygen atoms in total. The van der Waals surface area contributed by atoms with Gasteiger partial charge in [0, 0.05) is 12.5 Å². The van der Waals surface area contributed by atoms with Crippen LogP contribution >= 0.6 is 0 Å². The maximum absolute atomic E-state index is 12.2. The lowest BCUT2D eigenvalue weighted by Crippen LogP contribution is -2.58. The van der Waals surface area contributed by atoms with Crippen molar-refractivity contribution < 1.29 is 44.2 Å². The molecule has 5 rings (SSSR count). The van der Waals surface area contributed by atoms with Crippen molar-refractivity contribution in [1.29, 1.82) is 0 Å². The molecule has 0 aromatic heterocycles. The predicted octanol–water partition coefficient (Wildman–Crippen LogP) is 3.96. The zero-order valence-corrected chi connectivity index (χ0v) is 23.5. The average molecular weight is 579 g/mol. The summed E-state index contributed by atoms with van der Waals surface area (Å²) in [5.41, 5.74) is 2.57. The predicted molar refractivity (Wildman–Crippen MR) is 154 cm³/mol. The highest BCUT2D eigenvalue weighted by molar-refractivity contribution is 5.74. The van der Waals surface area contributed by atoms with Crippen LogP contribution in [0.1, 0.15) is 38.2 Å². The summed E-state index contributed by atoms with van der Waals surface area (Å²) in [7, 11) is 0. The summed E-state index contributed by atoms with van der Waals surface area (Å²) in [6.45, 7) is 1.61. The number of aliphatic hydroxyl groups excluding tert-OH is 3. The number of aliphatic hydroxyl groups is 3. The molecule has 224 valence electrons. The SMILES string of the molecule is C[C@@H]1O[C@@H](O[C@@H]2CCCC[C@H]2Oc2cc(O[C@@H](Cc3ccccc3)C(=O)O)cc(-c3ccccc3)c2)[C@@H](O)[C@H](O)[C@@H]1O. The van der Waals surface area contributed by atoms with Gasteiger partial charge in [0.25, 0.3) is 0 Å². The number of rotatable bonds is 10. The van der Waals surface area contributed by atoms with E-state index in [4.69, 9.17) is 18.9 Å². The summed E-state index contributed by atoms with van der Waals surface area (Å²) in [5.74, 6) is -0.218. The maximum Gasteiger partial charge on any atom is 0.345 e. The van der Waals surface area contributed by atoms with Crippen LogP contribution in [-0.2, 0) is 20.7 Å². The fourth-order valence-corrected chi connectivity index (χ4v) is 5.50. The van der Waals surface area contributed by atoms with Crippen molar-refractivity contribution in [3.63, 3.8) is 0 Å². The van der Waals surface area contributed by atoms with Gasteiger partial charge < -0.3 is 39.4 Å². The molecule has 3 aromatic carbocycles. The summed E-state index contributed by atoms with van der Waals surface area (Å²) < 4.78 is 24.4. The van der Waals surface area contributed by atoms with E-state index in [2.05, 4.69) is 0 Å². The van der Waals surface area contributed by atoms with Crippen LogP contribution in [0.25, 0.3) is 11.1 Å². The number of hydrogen-bond donors (Lipinski definition) is 4. The van der Waals surface area contributed by atoms with Gasteiger partial charge in [-0.3, -0.25) is 0 Å². The number of hydrogen-bond acceptors (Lipinski definition) is 8. The van der Waals surface area contributed by atoms with Gasteiger partial charge in [0.05, 0.1) is 12.2 Å². The number of carboxylic acid groups (broad SMARTS) is 1. The van der Waals surface area contributed by atoms with Gasteiger partial charge in [-0.05, 0) is 55.0 Å². The third-order valence-electron chi connectivity index (χ3n) is 7.85. The van der Waals surface area contributed by atoms with Crippen molar-refractivity contribution in [3.05, 3.63) is 84.4 Å². The fourth-order valence-electron chi connectivity index (χ4n) is 5.50. The molecule has 2 aliphatic rings. The van der Waals surface area contributed by atoms with E-state index in [9.17, 15) is 25.2 Å². The Hall–Kier alpha value is -3.47. The van der Waals surface area contributed by atoms with E-state index in [0.717, 1.165) is 29.5 Å². The maximum atomic E-state index is 12.2. The molecule has 0 unspecified atom stereocenters. The molecule has 1 aliphatic carbocycles. The van der Waals surface area contributed by atoms with Gasteiger partial charge in [-0.1, -0.05) is 67.1 Å². The normalized spacial score (nSPS) is 28.5. The van der Waals surface area contributed by atoms with Crippen LogP contribution in [-0.4, -0.2) is 75.4 Å². The first kappa shape index (κ1) is 30.0. The van der Waals surface area contributed by atoms with E-state index in [-0.39, 0.29) is 6.42 Å². The Morgan fingerprint density at radius 3 is 2.17 bits per heavy atom. The van der Waals surface area contributed by atoms with Gasteiger partial charge in [-0.25, -0.2) is 4.79 Å². The summed E-state index contributed by atoms with van der Waals surface area (Å²) in [6.07, 6.45) is -4.43. The molecule has 0 radical (unpaired) electrons. The largest absolute Gasteiger partial charge is 0.488 e. The second kappa shape index (κ2) is 13.7. The minimum atomic E-state index is -1.40. The molecule has 0 bridgehead atoms. The quantitative estimate of drug-likeness (QED) is 0.282. The highest BCUT2D eigenvalue weighted by atomic mass is 16.7. The molecule has 1 saturated carbocycles. The summed E-state index contributed by atoms with van der Waals surface area (Å²) in [5, 5.41) is 40.7. The molecule has 1 aliphatic heterocycles. The van der Waals surface area contributed by atoms with E-state index < -0.39 is 55.0 Å². The number of ether oxygens (including phenoxy) is 4. The second-order valence-corrected chi connectivity index (χ2v) is 11.0. The van der Waals surface area contributed by atoms with E-state index in [1.54, 1.807) is 19.1 Å². The number of carbonyl (C=O) groups is 1. The number of aliphatic carboxylic acids is 1. The van der Waals surface area contributed by atoms with Crippen LogP contribution in [0.2, 0.25) is 0 Å². The standard InChI is InChI=1S/C33H38O9/c1-20-29(34)30(35)31(36)33(39-20)42-27-15-9-8-14-26(27)40-24-17-23(22-12-6-3-7-13-22)18-25(19-24)41-28(32(37)38)16-21-10-4-2-5-11-21/h2-7,10-13,17-20,26-31,33-36H,8-9,14-16H2,1H3,(H,37,38)/t20-,26+,27+,28-,29+,30+,31-,33-/m0/s1. The Morgan fingerprint density at radius 1 is 0.833 bits per heavy atom. The van der Waals surface area contributed by atoms with E-state index >= 15 is 0 Å². The van der Waals surface area contributed by atoms with Gasteiger partial charge in [0.15, 0.2) is 12.4 Å². The first-order valence-electron chi connectivity index (χ1n) is 14.4. The first-order valence-corrected chi connectivity index (χ1v) is 14.4. The van der Waals surface area contributed by atoms with Crippen molar-refractivity contribution in [2.45, 2.75) is 88.0 Å². The first-order chi connectivity index (χ1) is 20.3. The van der Waals surface area contributed by atoms with Crippen LogP contribution in [0.3, 0.4) is 0 Å². The van der Waals surface area contributed by atoms with Crippen LogP contribution in [0.4, 0.5) is 0 Å². The Balaban J connectivity index is 1.38. The molecular formula is C33H38O9. The minimum absolute atomic E-state index is 0.198. The number of carboxylic acids is 1. The third kappa shape index (κ3) is 7.29. The van der Waals surface area contributed by atoms with E-state index in [1.807, 2.05) is 66.7 Å². The third-order valence-corrected chi connectivity index (χ3v) is 7.85. The minimum Gasteiger partial charge on any atom is -0.488 e. The van der Waals surface area contributed by atoms with Gasteiger partial charge in [0.1, 0.15) is 35.9 Å². The van der Waals surface area contributed by atoms with Crippen LogP contribution in [0, 0.1) is 0 Å². The van der Waals surface area contributed by atoms with Crippen molar-refractivity contribution in [1.82, 2.24) is 0 Å². The molecule has 42 heavy (non-hydrogen) atoms. The topological polar surface area (TPSA) is 135 Å². The zero-order valence-electron chi connectivity index (χ0n) is 23.5. The van der Waals surface area contributed by atoms with Crippen LogP contribution in [0.15, 0.2) is 78.9 Å². The van der Waals surface area contributed by atoms with Gasteiger partial charge >= 0.3 is 5.97 Å². The fraction of sp³-hybridized carbons (Fsp3) is 0.424. The van der Waals surface area contributed by atoms with Gasteiger partial charge in [0.2, 0.25) is 0 Å². The lowest BCUT2D eigenvalue weighted by atomic mass is 9.94. The molecule has 9 heteroatoms. The molecule has 4 N–H and O–H groups in total. The molecule has 8 atom stereocenters. The Bertz CT molecular complexity index is 1300. The lowest BCUT2D eigenvalue weighted by Gasteiger charge is -2.42. The molecule has 2 fully saturated rings. The molecule has 0 amide bonds. The Labute approximate surface area is 245 Å². The van der Waals surface area contributed by atoms with Gasteiger partial charge in [-0.2, -0.15) is 0 Å². The molecule has 3 aromatic rings. The summed E-state index contributed by atoms with van der Waals surface area (Å²) in [4.78, 5) is 12.2. The van der Waals surface area contributed by atoms with Crippen molar-refractivity contribution in [2.24, 2.45) is 0 Å².